The van der Waals surface area contributed by atoms with Crippen LogP contribution in [0.4, 0.5) is 10.2 Å². The number of anilines is 1. The summed E-state index contributed by atoms with van der Waals surface area (Å²) in [4.78, 5) is 26.0. The van der Waals surface area contributed by atoms with Crippen LogP contribution in [0.1, 0.15) is 30.6 Å². The number of hydrogen-bond donors (Lipinski definition) is 1. The van der Waals surface area contributed by atoms with E-state index >= 15 is 0 Å². The van der Waals surface area contributed by atoms with E-state index in [0.717, 1.165) is 0 Å². The Morgan fingerprint density at radius 2 is 2.09 bits per heavy atom. The van der Waals surface area contributed by atoms with Crippen molar-refractivity contribution in [2.45, 2.75) is 26.3 Å². The van der Waals surface area contributed by atoms with Gasteiger partial charge in [0.1, 0.15) is 18.6 Å². The zero-order valence-corrected chi connectivity index (χ0v) is 13.0. The molecule has 1 aromatic carbocycles. The zero-order valence-electron chi connectivity index (χ0n) is 13.0. The minimum Gasteiger partial charge on any atom is -0.363 e. The van der Waals surface area contributed by atoms with Crippen LogP contribution in [0, 0.1) is 5.82 Å². The van der Waals surface area contributed by atoms with Gasteiger partial charge in [-0.2, -0.15) is 0 Å². The molecule has 0 saturated carbocycles. The maximum atomic E-state index is 13.8. The SMILES string of the molecule is CC[C@@H](C)N(CC(=O)Nc1ccon1)C(=O)c1ccccc1F. The van der Waals surface area contributed by atoms with Crippen molar-refractivity contribution >= 4 is 17.6 Å². The van der Waals surface area contributed by atoms with Gasteiger partial charge in [0.15, 0.2) is 5.82 Å². The van der Waals surface area contributed by atoms with E-state index in [1.54, 1.807) is 6.07 Å². The first-order chi connectivity index (χ1) is 11.0. The lowest BCUT2D eigenvalue weighted by molar-refractivity contribution is -0.117. The van der Waals surface area contributed by atoms with E-state index in [2.05, 4.69) is 15.0 Å². The Bertz CT molecular complexity index is 673. The highest BCUT2D eigenvalue weighted by Gasteiger charge is 2.25. The van der Waals surface area contributed by atoms with E-state index in [4.69, 9.17) is 0 Å². The van der Waals surface area contributed by atoms with Crippen molar-refractivity contribution in [3.8, 4) is 0 Å². The topological polar surface area (TPSA) is 75.4 Å². The van der Waals surface area contributed by atoms with Gasteiger partial charge in [-0.15, -0.1) is 0 Å². The molecule has 7 heteroatoms. The summed E-state index contributed by atoms with van der Waals surface area (Å²) in [5.74, 6) is -1.29. The monoisotopic (exact) mass is 319 g/mol. The average molecular weight is 319 g/mol. The second-order valence-corrected chi connectivity index (χ2v) is 5.10. The second-order valence-electron chi connectivity index (χ2n) is 5.10. The average Bonchev–Trinajstić information content (AvgIpc) is 3.04. The number of carbonyl (C=O) groups excluding carboxylic acids is 2. The van der Waals surface area contributed by atoms with Crippen molar-refractivity contribution in [1.82, 2.24) is 10.1 Å². The molecule has 0 aliphatic heterocycles. The summed E-state index contributed by atoms with van der Waals surface area (Å²) in [6.45, 7) is 3.50. The highest BCUT2D eigenvalue weighted by Crippen LogP contribution is 2.14. The van der Waals surface area contributed by atoms with E-state index in [9.17, 15) is 14.0 Å². The molecule has 0 spiro atoms. The van der Waals surface area contributed by atoms with Crippen LogP contribution in [0.5, 0.6) is 0 Å². The molecular formula is C16H18FN3O3. The van der Waals surface area contributed by atoms with Crippen LogP contribution in [0.3, 0.4) is 0 Å². The summed E-state index contributed by atoms with van der Waals surface area (Å²) >= 11 is 0. The molecular weight excluding hydrogens is 301 g/mol. The van der Waals surface area contributed by atoms with Gasteiger partial charge in [0.05, 0.1) is 5.56 Å². The van der Waals surface area contributed by atoms with E-state index < -0.39 is 17.6 Å². The Kier molecular flexibility index (Phi) is 5.46. The number of halogens is 1. The number of amides is 2. The van der Waals surface area contributed by atoms with E-state index in [-0.39, 0.29) is 24.0 Å². The molecule has 1 aromatic heterocycles. The molecule has 0 unspecified atom stereocenters. The molecule has 0 bridgehead atoms. The summed E-state index contributed by atoms with van der Waals surface area (Å²) in [7, 11) is 0. The van der Waals surface area contributed by atoms with Gasteiger partial charge in [-0.25, -0.2) is 4.39 Å². The number of carbonyl (C=O) groups is 2. The highest BCUT2D eigenvalue weighted by molar-refractivity contribution is 5.99. The molecule has 1 heterocycles. The quantitative estimate of drug-likeness (QED) is 0.888. The predicted molar refractivity (Wildman–Crippen MR) is 82.3 cm³/mol. The number of hydrogen-bond acceptors (Lipinski definition) is 4. The fraction of sp³-hybridized carbons (Fsp3) is 0.312. The Hall–Kier alpha value is -2.70. The number of nitrogens with zero attached hydrogens (tertiary/aromatic N) is 2. The largest absolute Gasteiger partial charge is 0.363 e. The smallest absolute Gasteiger partial charge is 0.257 e. The van der Waals surface area contributed by atoms with Crippen LogP contribution in [0.15, 0.2) is 41.1 Å². The normalized spacial score (nSPS) is 11.8. The molecule has 0 aliphatic carbocycles. The van der Waals surface area contributed by atoms with Crippen LogP contribution < -0.4 is 5.32 Å². The first-order valence-electron chi connectivity index (χ1n) is 7.28. The molecule has 0 saturated heterocycles. The van der Waals surface area contributed by atoms with Gasteiger partial charge in [-0.1, -0.05) is 24.2 Å². The molecule has 2 rings (SSSR count). The minimum absolute atomic E-state index is 0.0537. The second kappa shape index (κ2) is 7.53. The lowest BCUT2D eigenvalue weighted by Gasteiger charge is -2.28. The third-order valence-corrected chi connectivity index (χ3v) is 3.51. The Morgan fingerprint density at radius 1 is 1.35 bits per heavy atom. The lowest BCUT2D eigenvalue weighted by atomic mass is 10.1. The van der Waals surface area contributed by atoms with Gasteiger partial charge in [0.2, 0.25) is 5.91 Å². The lowest BCUT2D eigenvalue weighted by Crippen LogP contribution is -2.43. The third-order valence-electron chi connectivity index (χ3n) is 3.51. The zero-order chi connectivity index (χ0) is 16.8. The van der Waals surface area contributed by atoms with Gasteiger partial charge < -0.3 is 14.7 Å². The highest BCUT2D eigenvalue weighted by atomic mass is 19.1. The molecule has 122 valence electrons. The number of aromatic nitrogens is 1. The number of benzene rings is 1. The van der Waals surface area contributed by atoms with Crippen LogP contribution in [-0.4, -0.2) is 34.5 Å². The van der Waals surface area contributed by atoms with Crippen molar-refractivity contribution in [3.63, 3.8) is 0 Å². The van der Waals surface area contributed by atoms with E-state index in [1.165, 1.54) is 35.4 Å². The number of rotatable bonds is 6. The van der Waals surface area contributed by atoms with Gasteiger partial charge in [-0.3, -0.25) is 9.59 Å². The number of nitrogens with one attached hydrogen (secondary N) is 1. The summed E-state index contributed by atoms with van der Waals surface area (Å²) in [6, 6.07) is 6.99. The molecule has 1 N–H and O–H groups in total. The maximum absolute atomic E-state index is 13.8. The first-order valence-corrected chi connectivity index (χ1v) is 7.28. The Labute approximate surface area is 133 Å². The molecule has 0 aliphatic rings. The van der Waals surface area contributed by atoms with Crippen LogP contribution in [-0.2, 0) is 4.79 Å². The standard InChI is InChI=1S/C16H18FN3O3/c1-3-11(2)20(10-15(21)18-14-8-9-23-19-14)16(22)12-6-4-5-7-13(12)17/h4-9,11H,3,10H2,1-2H3,(H,18,19,21)/t11-/m1/s1. The Morgan fingerprint density at radius 3 is 2.70 bits per heavy atom. The fourth-order valence-electron chi connectivity index (χ4n) is 2.05. The molecule has 0 radical (unpaired) electrons. The maximum Gasteiger partial charge on any atom is 0.257 e. The van der Waals surface area contributed by atoms with Crippen LogP contribution in [0.25, 0.3) is 0 Å². The third kappa shape index (κ3) is 4.15. The van der Waals surface area contributed by atoms with Gasteiger partial charge in [-0.05, 0) is 25.5 Å². The molecule has 23 heavy (non-hydrogen) atoms. The first kappa shape index (κ1) is 16.7. The molecule has 2 amide bonds. The van der Waals surface area contributed by atoms with Crippen molar-refractivity contribution in [3.05, 3.63) is 48.0 Å². The molecule has 0 fully saturated rings. The van der Waals surface area contributed by atoms with Crippen molar-refractivity contribution < 1.29 is 18.5 Å². The summed E-state index contributed by atoms with van der Waals surface area (Å²) in [6.07, 6.45) is 1.96. The van der Waals surface area contributed by atoms with Gasteiger partial charge >= 0.3 is 0 Å². The van der Waals surface area contributed by atoms with Crippen molar-refractivity contribution in [2.24, 2.45) is 0 Å². The van der Waals surface area contributed by atoms with E-state index in [0.29, 0.717) is 6.42 Å². The summed E-state index contributed by atoms with van der Waals surface area (Å²) < 4.78 is 18.5. The summed E-state index contributed by atoms with van der Waals surface area (Å²) in [5.41, 5.74) is -0.0537. The van der Waals surface area contributed by atoms with Gasteiger partial charge in [0.25, 0.3) is 5.91 Å². The predicted octanol–water partition coefficient (Wildman–Crippen LogP) is 2.69. The van der Waals surface area contributed by atoms with Crippen LogP contribution in [0.2, 0.25) is 0 Å². The van der Waals surface area contributed by atoms with Gasteiger partial charge in [0, 0.05) is 12.1 Å². The minimum atomic E-state index is -0.609. The van der Waals surface area contributed by atoms with E-state index in [1.807, 2.05) is 13.8 Å². The molecule has 6 nitrogen and oxygen atoms in total. The Balaban J connectivity index is 2.15. The molecule has 1 atom stereocenters. The van der Waals surface area contributed by atoms with Crippen LogP contribution >= 0.6 is 0 Å². The molecule has 2 aromatic rings. The van der Waals surface area contributed by atoms with Crippen molar-refractivity contribution in [1.29, 1.82) is 0 Å². The fourth-order valence-corrected chi connectivity index (χ4v) is 2.05. The van der Waals surface area contributed by atoms with Crippen molar-refractivity contribution in [2.75, 3.05) is 11.9 Å². The summed E-state index contributed by atoms with van der Waals surface area (Å²) in [5, 5.41) is 6.10.